The van der Waals surface area contributed by atoms with Gasteiger partial charge in [0, 0.05) is 0 Å². The van der Waals surface area contributed by atoms with Gasteiger partial charge in [-0.15, -0.1) is 6.58 Å². The van der Waals surface area contributed by atoms with Crippen molar-refractivity contribution in [1.82, 2.24) is 0 Å². The number of hydrogen-bond acceptors (Lipinski definition) is 2. The van der Waals surface area contributed by atoms with Gasteiger partial charge in [-0.3, -0.25) is 0 Å². The van der Waals surface area contributed by atoms with Crippen LogP contribution in [0.3, 0.4) is 0 Å². The lowest BCUT2D eigenvalue weighted by molar-refractivity contribution is -0.238. The van der Waals surface area contributed by atoms with E-state index in [1.54, 1.807) is 0 Å². The lowest BCUT2D eigenvalue weighted by atomic mass is 10.4. The first-order valence-electron chi connectivity index (χ1n) is 3.07. The van der Waals surface area contributed by atoms with Gasteiger partial charge < -0.3 is 4.89 Å². The molecular formula is C8H12O2. The van der Waals surface area contributed by atoms with Gasteiger partial charge in [0.2, 0.25) is 0 Å². The number of hydrogen-bond donors (Lipinski definition) is 0. The molecule has 0 radical (unpaired) electrons. The van der Waals surface area contributed by atoms with Crippen LogP contribution >= 0.6 is 0 Å². The normalized spacial score (nSPS) is 9.60. The molecule has 0 unspecified atom stereocenters. The van der Waals surface area contributed by atoms with Crippen LogP contribution in [-0.4, -0.2) is 6.61 Å². The van der Waals surface area contributed by atoms with Crippen molar-refractivity contribution in [3.8, 4) is 0 Å². The van der Waals surface area contributed by atoms with E-state index in [9.17, 15) is 0 Å². The molecule has 2 nitrogen and oxygen atoms in total. The summed E-state index contributed by atoms with van der Waals surface area (Å²) in [5.41, 5.74) is 0. The highest BCUT2D eigenvalue weighted by atomic mass is 17.2. The highest BCUT2D eigenvalue weighted by Crippen LogP contribution is 1.84. The van der Waals surface area contributed by atoms with Gasteiger partial charge in [0.05, 0.1) is 0 Å². The minimum atomic E-state index is 0.444. The van der Waals surface area contributed by atoms with Crippen LogP contribution in [0.15, 0.2) is 37.6 Å². The summed E-state index contributed by atoms with van der Waals surface area (Å²) in [4.78, 5) is 8.99. The van der Waals surface area contributed by atoms with E-state index >= 15 is 0 Å². The molecule has 0 aromatic heterocycles. The largest absolute Gasteiger partial charge is 0.346 e. The highest BCUT2D eigenvalue weighted by molar-refractivity contribution is 4.87. The Labute approximate surface area is 61.4 Å². The Balaban J connectivity index is 3.01. The molecule has 0 saturated carbocycles. The summed E-state index contributed by atoms with van der Waals surface area (Å²) in [5.74, 6) is 0. The Hall–Kier alpha value is -1.02. The van der Waals surface area contributed by atoms with Crippen molar-refractivity contribution in [3.05, 3.63) is 37.6 Å². The highest BCUT2D eigenvalue weighted by Gasteiger charge is 1.75. The predicted octanol–water partition coefficient (Wildman–Crippen LogP) is 2.21. The Kier molecular flexibility index (Phi) is 7.17. The smallest absolute Gasteiger partial charge is 0.122 e. The van der Waals surface area contributed by atoms with E-state index in [0.29, 0.717) is 6.61 Å². The zero-order chi connectivity index (χ0) is 7.66. The summed E-state index contributed by atoms with van der Waals surface area (Å²) in [5, 5.41) is 0. The molecule has 0 amide bonds. The number of rotatable bonds is 6. The summed E-state index contributed by atoms with van der Waals surface area (Å²) in [7, 11) is 0. The standard InChI is InChI=1S/C8H12O2/c1-3-5-6-7-8-10-9-4-2/h3-4,6-7H,1-2,5,8H2/b7-6+. The van der Waals surface area contributed by atoms with Crippen LogP contribution in [0.5, 0.6) is 0 Å². The van der Waals surface area contributed by atoms with Crippen molar-refractivity contribution in [2.45, 2.75) is 6.42 Å². The van der Waals surface area contributed by atoms with Crippen molar-refractivity contribution in [3.63, 3.8) is 0 Å². The van der Waals surface area contributed by atoms with E-state index in [-0.39, 0.29) is 0 Å². The molecule has 0 aromatic carbocycles. The van der Waals surface area contributed by atoms with Gasteiger partial charge in [0.25, 0.3) is 0 Å². The zero-order valence-electron chi connectivity index (χ0n) is 5.95. The first-order valence-corrected chi connectivity index (χ1v) is 3.07. The summed E-state index contributed by atoms with van der Waals surface area (Å²) in [6, 6.07) is 0. The molecule has 0 heterocycles. The van der Waals surface area contributed by atoms with Crippen LogP contribution in [0, 0.1) is 0 Å². The van der Waals surface area contributed by atoms with Crippen LogP contribution in [0.2, 0.25) is 0 Å². The van der Waals surface area contributed by atoms with Crippen molar-refractivity contribution < 1.29 is 9.78 Å². The molecular weight excluding hydrogens is 128 g/mol. The molecule has 0 fully saturated rings. The maximum atomic E-state index is 4.59. The second-order valence-corrected chi connectivity index (χ2v) is 1.54. The molecule has 0 aliphatic rings. The van der Waals surface area contributed by atoms with Gasteiger partial charge in [-0.25, -0.2) is 0 Å². The molecule has 0 bridgehead atoms. The fraction of sp³-hybridized carbons (Fsp3) is 0.250. The van der Waals surface area contributed by atoms with E-state index in [1.807, 2.05) is 18.2 Å². The lowest BCUT2D eigenvalue weighted by Crippen LogP contribution is -1.85. The summed E-state index contributed by atoms with van der Waals surface area (Å²) in [6.45, 7) is 7.31. The van der Waals surface area contributed by atoms with Crippen molar-refractivity contribution >= 4 is 0 Å². The Morgan fingerprint density at radius 1 is 1.20 bits per heavy atom. The summed E-state index contributed by atoms with van der Waals surface area (Å²) < 4.78 is 0. The van der Waals surface area contributed by atoms with Gasteiger partial charge in [0.15, 0.2) is 0 Å². The molecule has 2 heteroatoms. The van der Waals surface area contributed by atoms with E-state index in [1.165, 1.54) is 6.26 Å². The topological polar surface area (TPSA) is 18.5 Å². The first kappa shape index (κ1) is 8.98. The maximum Gasteiger partial charge on any atom is 0.122 e. The van der Waals surface area contributed by atoms with Crippen LogP contribution < -0.4 is 0 Å². The molecule has 0 N–H and O–H groups in total. The third-order valence-corrected chi connectivity index (χ3v) is 0.770. The average molecular weight is 140 g/mol. The fourth-order valence-electron chi connectivity index (χ4n) is 0.387. The monoisotopic (exact) mass is 140 g/mol. The molecule has 0 aromatic rings. The molecule has 10 heavy (non-hydrogen) atoms. The Morgan fingerprint density at radius 3 is 2.60 bits per heavy atom. The molecule has 0 aliphatic carbocycles. The lowest BCUT2D eigenvalue weighted by Gasteiger charge is -1.92. The second-order valence-electron chi connectivity index (χ2n) is 1.54. The van der Waals surface area contributed by atoms with Crippen LogP contribution in [0.4, 0.5) is 0 Å². The average Bonchev–Trinajstić information content (AvgIpc) is 1.97. The van der Waals surface area contributed by atoms with E-state index < -0.39 is 0 Å². The van der Waals surface area contributed by atoms with Crippen LogP contribution in [-0.2, 0) is 9.78 Å². The second kappa shape index (κ2) is 7.98. The van der Waals surface area contributed by atoms with Crippen LogP contribution in [0.1, 0.15) is 6.42 Å². The predicted molar refractivity (Wildman–Crippen MR) is 41.2 cm³/mol. The van der Waals surface area contributed by atoms with Gasteiger partial charge in [-0.05, 0) is 6.42 Å². The van der Waals surface area contributed by atoms with Gasteiger partial charge in [-0.2, -0.15) is 4.89 Å². The van der Waals surface area contributed by atoms with Gasteiger partial charge in [-0.1, -0.05) is 24.8 Å². The van der Waals surface area contributed by atoms with Crippen molar-refractivity contribution in [1.29, 1.82) is 0 Å². The quantitative estimate of drug-likeness (QED) is 0.185. The first-order chi connectivity index (χ1) is 4.91. The van der Waals surface area contributed by atoms with Crippen LogP contribution in [0.25, 0.3) is 0 Å². The minimum absolute atomic E-state index is 0.444. The van der Waals surface area contributed by atoms with E-state index in [4.69, 9.17) is 0 Å². The SMILES string of the molecule is C=CC/C=C/COOC=C. The maximum absolute atomic E-state index is 4.59. The third kappa shape index (κ3) is 6.98. The van der Waals surface area contributed by atoms with Gasteiger partial charge in [0.1, 0.15) is 12.9 Å². The zero-order valence-corrected chi connectivity index (χ0v) is 5.95. The van der Waals surface area contributed by atoms with E-state index in [0.717, 1.165) is 6.42 Å². The molecule has 0 spiro atoms. The summed E-state index contributed by atoms with van der Waals surface area (Å²) in [6.07, 6.45) is 7.70. The van der Waals surface area contributed by atoms with E-state index in [2.05, 4.69) is 22.9 Å². The molecule has 0 rings (SSSR count). The van der Waals surface area contributed by atoms with Crippen molar-refractivity contribution in [2.24, 2.45) is 0 Å². The molecule has 0 saturated heterocycles. The number of allylic oxidation sites excluding steroid dienone is 2. The molecule has 0 atom stereocenters. The summed E-state index contributed by atoms with van der Waals surface area (Å²) >= 11 is 0. The van der Waals surface area contributed by atoms with Gasteiger partial charge >= 0.3 is 0 Å². The minimum Gasteiger partial charge on any atom is -0.346 e. The Bertz CT molecular complexity index is 116. The fourth-order valence-corrected chi connectivity index (χ4v) is 0.387. The third-order valence-electron chi connectivity index (χ3n) is 0.770. The Morgan fingerprint density at radius 2 is 2.00 bits per heavy atom. The molecule has 56 valence electrons. The molecule has 0 aliphatic heterocycles. The van der Waals surface area contributed by atoms with Crippen molar-refractivity contribution in [2.75, 3.05) is 6.61 Å².